The molecule has 0 saturated carbocycles. The minimum atomic E-state index is -0.527. The summed E-state index contributed by atoms with van der Waals surface area (Å²) < 4.78 is 0. The van der Waals surface area contributed by atoms with Crippen LogP contribution in [0.5, 0.6) is 0 Å². The number of hydrogen-bond acceptors (Lipinski definition) is 2. The smallest absolute Gasteiger partial charge is 0.249 e. The van der Waals surface area contributed by atoms with Crippen LogP contribution >= 0.6 is 0 Å². The maximum Gasteiger partial charge on any atom is 0.249 e. The molecule has 0 bridgehead atoms. The van der Waals surface area contributed by atoms with Gasteiger partial charge >= 0.3 is 0 Å². The van der Waals surface area contributed by atoms with Crippen molar-refractivity contribution in [2.45, 2.75) is 0 Å². The summed E-state index contributed by atoms with van der Waals surface area (Å²) in [7, 11) is 0. The van der Waals surface area contributed by atoms with Gasteiger partial charge in [0.05, 0.1) is 0 Å². The second-order valence-electron chi connectivity index (χ2n) is 4.27. The summed E-state index contributed by atoms with van der Waals surface area (Å²) in [6.45, 7) is 0. The first-order valence-corrected chi connectivity index (χ1v) is 6.04. The first kappa shape index (κ1) is 13.5. The Hall–Kier alpha value is -2.88. The predicted octanol–water partition coefficient (Wildman–Crippen LogP) is 1.81. The predicted molar refractivity (Wildman–Crippen MR) is 78.5 cm³/mol. The van der Waals surface area contributed by atoms with Gasteiger partial charge in [0, 0.05) is 11.1 Å². The van der Waals surface area contributed by atoms with Crippen molar-refractivity contribution < 1.29 is 9.59 Å². The van der Waals surface area contributed by atoms with Crippen molar-refractivity contribution in [1.82, 2.24) is 0 Å². The van der Waals surface area contributed by atoms with Crippen molar-refractivity contribution in [3.63, 3.8) is 0 Å². The summed E-state index contributed by atoms with van der Waals surface area (Å²) in [6, 6.07) is 15.8. The standard InChI is InChI=1S/C16H14N2O2/c17-15(19)13-8-6-12(7-9-13)14(16(18)20)10-11-4-2-1-3-5-11/h1-10H,(H2,17,19)(H2,18,20). The highest BCUT2D eigenvalue weighted by Crippen LogP contribution is 2.18. The van der Waals surface area contributed by atoms with Gasteiger partial charge in [-0.25, -0.2) is 0 Å². The molecule has 4 heteroatoms. The van der Waals surface area contributed by atoms with Crippen molar-refractivity contribution in [3.8, 4) is 0 Å². The van der Waals surface area contributed by atoms with Crippen LogP contribution in [0.25, 0.3) is 11.6 Å². The van der Waals surface area contributed by atoms with Crippen molar-refractivity contribution in [2.75, 3.05) is 0 Å². The lowest BCUT2D eigenvalue weighted by Crippen LogP contribution is -2.14. The minimum Gasteiger partial charge on any atom is -0.366 e. The fourth-order valence-corrected chi connectivity index (χ4v) is 1.83. The van der Waals surface area contributed by atoms with Gasteiger partial charge in [0.15, 0.2) is 0 Å². The largest absolute Gasteiger partial charge is 0.366 e. The lowest BCUT2D eigenvalue weighted by atomic mass is 10.0. The van der Waals surface area contributed by atoms with Crippen LogP contribution in [0.2, 0.25) is 0 Å². The maximum atomic E-state index is 11.6. The fraction of sp³-hybridized carbons (Fsp3) is 0. The zero-order valence-electron chi connectivity index (χ0n) is 10.7. The summed E-state index contributed by atoms with van der Waals surface area (Å²) in [6.07, 6.45) is 1.71. The molecule has 0 unspecified atom stereocenters. The van der Waals surface area contributed by atoms with Crippen LogP contribution in [0.3, 0.4) is 0 Å². The first-order chi connectivity index (χ1) is 9.58. The zero-order valence-corrected chi connectivity index (χ0v) is 10.7. The number of carbonyl (C=O) groups is 2. The highest BCUT2D eigenvalue weighted by molar-refractivity contribution is 6.23. The van der Waals surface area contributed by atoms with E-state index in [-0.39, 0.29) is 0 Å². The zero-order chi connectivity index (χ0) is 14.5. The fourth-order valence-electron chi connectivity index (χ4n) is 1.83. The van der Waals surface area contributed by atoms with E-state index in [1.165, 1.54) is 0 Å². The van der Waals surface area contributed by atoms with E-state index in [1.54, 1.807) is 30.3 Å². The van der Waals surface area contributed by atoms with E-state index in [4.69, 9.17) is 11.5 Å². The number of amides is 2. The van der Waals surface area contributed by atoms with Gasteiger partial charge < -0.3 is 11.5 Å². The van der Waals surface area contributed by atoms with E-state index in [0.717, 1.165) is 5.56 Å². The van der Waals surface area contributed by atoms with Crippen molar-refractivity contribution in [1.29, 1.82) is 0 Å². The molecular weight excluding hydrogens is 252 g/mol. The molecular formula is C16H14N2O2. The van der Waals surface area contributed by atoms with Gasteiger partial charge in [-0.15, -0.1) is 0 Å². The molecule has 0 aliphatic rings. The lowest BCUT2D eigenvalue weighted by Gasteiger charge is -2.05. The van der Waals surface area contributed by atoms with Gasteiger partial charge in [-0.2, -0.15) is 0 Å². The number of benzene rings is 2. The highest BCUT2D eigenvalue weighted by atomic mass is 16.1. The van der Waals surface area contributed by atoms with Gasteiger partial charge in [-0.3, -0.25) is 9.59 Å². The van der Waals surface area contributed by atoms with Crippen molar-refractivity contribution >= 4 is 23.5 Å². The van der Waals surface area contributed by atoms with E-state index in [2.05, 4.69) is 0 Å². The molecule has 0 fully saturated rings. The van der Waals surface area contributed by atoms with Gasteiger partial charge in [0.2, 0.25) is 11.8 Å². The minimum absolute atomic E-state index is 0.382. The number of hydrogen-bond donors (Lipinski definition) is 2. The molecule has 100 valence electrons. The normalized spacial score (nSPS) is 11.1. The van der Waals surface area contributed by atoms with Crippen LogP contribution < -0.4 is 11.5 Å². The number of carbonyl (C=O) groups excluding carboxylic acids is 2. The Balaban J connectivity index is 2.41. The molecule has 0 saturated heterocycles. The summed E-state index contributed by atoms with van der Waals surface area (Å²) >= 11 is 0. The lowest BCUT2D eigenvalue weighted by molar-refractivity contribution is -0.112. The molecule has 2 amide bonds. The third-order valence-electron chi connectivity index (χ3n) is 2.86. The monoisotopic (exact) mass is 266 g/mol. The van der Waals surface area contributed by atoms with Gasteiger partial charge in [0.25, 0.3) is 0 Å². The Morgan fingerprint density at radius 3 is 1.85 bits per heavy atom. The van der Waals surface area contributed by atoms with Gasteiger partial charge in [-0.1, -0.05) is 42.5 Å². The van der Waals surface area contributed by atoms with Crippen LogP contribution in [-0.4, -0.2) is 11.8 Å². The number of primary amides is 2. The Bertz CT molecular complexity index is 659. The number of nitrogens with two attached hydrogens (primary N) is 2. The van der Waals surface area contributed by atoms with Gasteiger partial charge in [0.1, 0.15) is 0 Å². The molecule has 0 spiro atoms. The molecule has 2 rings (SSSR count). The molecule has 0 aromatic heterocycles. The van der Waals surface area contributed by atoms with Crippen molar-refractivity contribution in [3.05, 3.63) is 71.3 Å². The second kappa shape index (κ2) is 5.84. The molecule has 0 radical (unpaired) electrons. The molecule has 2 aromatic rings. The average Bonchev–Trinajstić information content (AvgIpc) is 2.45. The first-order valence-electron chi connectivity index (χ1n) is 6.04. The second-order valence-corrected chi connectivity index (χ2v) is 4.27. The third-order valence-corrected chi connectivity index (χ3v) is 2.86. The van der Waals surface area contributed by atoms with Crippen LogP contribution in [0.15, 0.2) is 54.6 Å². The summed E-state index contributed by atoms with van der Waals surface area (Å²) in [5.41, 5.74) is 12.9. The molecule has 20 heavy (non-hydrogen) atoms. The topological polar surface area (TPSA) is 86.2 Å². The molecule has 4 nitrogen and oxygen atoms in total. The van der Waals surface area contributed by atoms with E-state index in [0.29, 0.717) is 16.7 Å². The van der Waals surface area contributed by atoms with E-state index >= 15 is 0 Å². The highest BCUT2D eigenvalue weighted by Gasteiger charge is 2.09. The van der Waals surface area contributed by atoms with E-state index in [9.17, 15) is 9.59 Å². The molecule has 0 aliphatic carbocycles. The van der Waals surface area contributed by atoms with Crippen LogP contribution in [-0.2, 0) is 4.79 Å². The summed E-state index contributed by atoms with van der Waals surface area (Å²) in [5.74, 6) is -1.04. The molecule has 0 heterocycles. The van der Waals surface area contributed by atoms with Crippen LogP contribution in [0.1, 0.15) is 21.5 Å². The van der Waals surface area contributed by atoms with E-state index < -0.39 is 11.8 Å². The van der Waals surface area contributed by atoms with Gasteiger partial charge in [-0.05, 0) is 29.3 Å². The van der Waals surface area contributed by atoms with Crippen LogP contribution in [0, 0.1) is 0 Å². The third kappa shape index (κ3) is 3.11. The Morgan fingerprint density at radius 1 is 0.800 bits per heavy atom. The molecule has 4 N–H and O–H groups in total. The number of rotatable bonds is 4. The molecule has 0 atom stereocenters. The van der Waals surface area contributed by atoms with E-state index in [1.807, 2.05) is 30.3 Å². The SMILES string of the molecule is NC(=O)C(=Cc1ccccc1)c1ccc(C(N)=O)cc1. The summed E-state index contributed by atoms with van der Waals surface area (Å²) in [4.78, 5) is 22.6. The summed E-state index contributed by atoms with van der Waals surface area (Å²) in [5, 5.41) is 0. The Labute approximate surface area is 116 Å². The van der Waals surface area contributed by atoms with Crippen molar-refractivity contribution in [2.24, 2.45) is 11.5 Å². The molecule has 2 aromatic carbocycles. The maximum absolute atomic E-state index is 11.6. The Morgan fingerprint density at radius 2 is 1.35 bits per heavy atom. The quantitative estimate of drug-likeness (QED) is 0.653. The Kier molecular flexibility index (Phi) is 3.96. The average molecular weight is 266 g/mol. The van der Waals surface area contributed by atoms with Crippen LogP contribution in [0.4, 0.5) is 0 Å². The molecule has 0 aliphatic heterocycles.